The summed E-state index contributed by atoms with van der Waals surface area (Å²) in [6, 6.07) is 16.2. The minimum atomic E-state index is -1.13. The van der Waals surface area contributed by atoms with Crippen molar-refractivity contribution in [1.82, 2.24) is 0 Å². The van der Waals surface area contributed by atoms with Gasteiger partial charge in [0.25, 0.3) is 0 Å². The highest BCUT2D eigenvalue weighted by atomic mass is 16.6. The van der Waals surface area contributed by atoms with Crippen molar-refractivity contribution < 1.29 is 19.1 Å². The molecule has 0 N–H and O–H groups in total. The largest absolute Gasteiger partial charge is 0.448 e. The predicted octanol–water partition coefficient (Wildman–Crippen LogP) is 3.80. The van der Waals surface area contributed by atoms with Gasteiger partial charge in [-0.25, -0.2) is 0 Å². The predicted molar refractivity (Wildman–Crippen MR) is 101 cm³/mol. The molecule has 4 heteroatoms. The average Bonchev–Trinajstić information content (AvgIpc) is 3.04. The lowest BCUT2D eigenvalue weighted by Gasteiger charge is -2.51. The van der Waals surface area contributed by atoms with Crippen molar-refractivity contribution >= 4 is 11.9 Å². The smallest absolute Gasteiger partial charge is 0.317 e. The molecular weight excluding hydrogens is 352 g/mol. The molecule has 2 aromatic rings. The average molecular weight is 374 g/mol. The highest BCUT2D eigenvalue weighted by Crippen LogP contribution is 2.76. The van der Waals surface area contributed by atoms with Crippen molar-refractivity contribution in [2.45, 2.75) is 50.7 Å². The fourth-order valence-electron chi connectivity index (χ4n) is 6.51. The van der Waals surface area contributed by atoms with Crippen LogP contribution in [0.3, 0.4) is 0 Å². The number of aryl methyl sites for hydroxylation is 2. The van der Waals surface area contributed by atoms with Crippen LogP contribution in [0.5, 0.6) is 0 Å². The van der Waals surface area contributed by atoms with Crippen molar-refractivity contribution in [3.05, 3.63) is 70.8 Å². The normalized spacial score (nSPS) is 39.8. The number of ether oxygens (including phenoxy) is 2. The van der Waals surface area contributed by atoms with Gasteiger partial charge in [0.1, 0.15) is 10.8 Å². The highest BCUT2D eigenvalue weighted by molar-refractivity contribution is 5.93. The quantitative estimate of drug-likeness (QED) is 0.658. The Morgan fingerprint density at radius 2 is 1.07 bits per heavy atom. The van der Waals surface area contributed by atoms with Gasteiger partial charge in [-0.1, -0.05) is 48.5 Å². The van der Waals surface area contributed by atoms with Crippen LogP contribution in [0.1, 0.15) is 48.9 Å². The second kappa shape index (κ2) is 4.68. The first kappa shape index (κ1) is 16.3. The molecule has 28 heavy (non-hydrogen) atoms. The maximum Gasteiger partial charge on any atom is 0.317 e. The van der Waals surface area contributed by atoms with Crippen LogP contribution in [-0.2, 0) is 43.1 Å². The molecule has 0 bridgehead atoms. The number of carbonyl (C=O) groups excluding carboxylic acids is 2. The summed E-state index contributed by atoms with van der Waals surface area (Å²) in [5, 5.41) is 0. The van der Waals surface area contributed by atoms with Crippen LogP contribution in [0.4, 0.5) is 0 Å². The molecule has 4 aliphatic rings. The maximum absolute atomic E-state index is 13.4. The molecule has 4 nitrogen and oxygen atoms in total. The molecule has 6 rings (SSSR count). The van der Waals surface area contributed by atoms with Crippen LogP contribution in [-0.4, -0.2) is 11.9 Å². The van der Waals surface area contributed by atoms with E-state index < -0.39 is 22.0 Å². The van der Waals surface area contributed by atoms with E-state index in [1.165, 1.54) is 0 Å². The molecule has 4 unspecified atom stereocenters. The molecule has 2 aliphatic carbocycles. The second-order valence-electron chi connectivity index (χ2n) is 9.12. The van der Waals surface area contributed by atoms with Crippen LogP contribution < -0.4 is 0 Å². The van der Waals surface area contributed by atoms with E-state index in [1.54, 1.807) is 0 Å². The van der Waals surface area contributed by atoms with Gasteiger partial charge in [0.15, 0.2) is 11.2 Å². The van der Waals surface area contributed by atoms with E-state index >= 15 is 0 Å². The van der Waals surface area contributed by atoms with E-state index in [2.05, 4.69) is 12.1 Å². The minimum Gasteiger partial charge on any atom is -0.448 e. The van der Waals surface area contributed by atoms with Gasteiger partial charge in [0, 0.05) is 11.1 Å². The molecule has 0 aromatic heterocycles. The first-order valence-corrected chi connectivity index (χ1v) is 10.0. The molecule has 2 spiro atoms. The lowest BCUT2D eigenvalue weighted by Crippen LogP contribution is -2.59. The van der Waals surface area contributed by atoms with Crippen LogP contribution in [0.2, 0.25) is 0 Å². The Balaban J connectivity index is 1.81. The Labute approximate surface area is 163 Å². The van der Waals surface area contributed by atoms with Crippen LogP contribution >= 0.6 is 0 Å². The molecule has 2 heterocycles. The van der Waals surface area contributed by atoms with Crippen LogP contribution in [0, 0.1) is 10.8 Å². The number of esters is 2. The molecule has 0 radical (unpaired) electrons. The SMILES string of the molecule is CC12CCc3ccccc3C13OC(=O)C1(C)CCc4ccccc4C13OC2=O. The van der Waals surface area contributed by atoms with Gasteiger partial charge in [-0.2, -0.15) is 0 Å². The first-order valence-electron chi connectivity index (χ1n) is 10.0. The van der Waals surface area contributed by atoms with Crippen LogP contribution in [0.25, 0.3) is 0 Å². The van der Waals surface area contributed by atoms with Crippen molar-refractivity contribution in [3.8, 4) is 0 Å². The third-order valence-corrected chi connectivity index (χ3v) is 8.02. The van der Waals surface area contributed by atoms with Gasteiger partial charge < -0.3 is 9.47 Å². The number of carbonyl (C=O) groups is 2. The molecule has 2 aromatic carbocycles. The monoisotopic (exact) mass is 374 g/mol. The van der Waals surface area contributed by atoms with Gasteiger partial charge in [-0.05, 0) is 50.7 Å². The summed E-state index contributed by atoms with van der Waals surface area (Å²) in [5.41, 5.74) is 0.0726. The second-order valence-corrected chi connectivity index (χ2v) is 9.12. The molecular formula is C24H22O4. The summed E-state index contributed by atoms with van der Waals surface area (Å²) in [7, 11) is 0. The van der Waals surface area contributed by atoms with E-state index in [0.717, 1.165) is 35.1 Å². The molecule has 4 atom stereocenters. The number of rotatable bonds is 0. The number of hydrogen-bond donors (Lipinski definition) is 0. The van der Waals surface area contributed by atoms with E-state index in [9.17, 15) is 9.59 Å². The van der Waals surface area contributed by atoms with E-state index in [4.69, 9.17) is 9.47 Å². The lowest BCUT2D eigenvalue weighted by molar-refractivity contribution is -0.170. The minimum absolute atomic E-state index is 0.252. The van der Waals surface area contributed by atoms with Gasteiger partial charge in [0.2, 0.25) is 0 Å². The standard InChI is InChI=1S/C24H22O4/c1-21-13-11-15-7-3-5-9-17(15)23(21)24(27-19(21)25)18-10-6-4-8-16(18)12-14-22(24,2)20(26)28-23/h3-10H,11-14H2,1-2H3. The van der Waals surface area contributed by atoms with Gasteiger partial charge in [0.05, 0.1) is 0 Å². The fourth-order valence-corrected chi connectivity index (χ4v) is 6.51. The zero-order chi connectivity index (χ0) is 19.4. The number of fused-ring (bicyclic) bond motifs is 2. The van der Waals surface area contributed by atoms with Crippen molar-refractivity contribution in [2.75, 3.05) is 0 Å². The third kappa shape index (κ3) is 1.37. The summed E-state index contributed by atoms with van der Waals surface area (Å²) in [5.74, 6) is -0.505. The van der Waals surface area contributed by atoms with E-state index in [0.29, 0.717) is 12.8 Å². The Morgan fingerprint density at radius 1 is 0.679 bits per heavy atom. The van der Waals surface area contributed by atoms with E-state index in [-0.39, 0.29) is 11.9 Å². The van der Waals surface area contributed by atoms with E-state index in [1.807, 2.05) is 50.2 Å². The first-order chi connectivity index (χ1) is 13.4. The number of benzene rings is 2. The van der Waals surface area contributed by atoms with Crippen LogP contribution in [0.15, 0.2) is 48.5 Å². The van der Waals surface area contributed by atoms with Crippen molar-refractivity contribution in [1.29, 1.82) is 0 Å². The molecule has 2 fully saturated rings. The molecule has 0 saturated carbocycles. The Bertz CT molecular complexity index is 988. The third-order valence-electron chi connectivity index (χ3n) is 8.02. The summed E-state index contributed by atoms with van der Waals surface area (Å²) in [6.07, 6.45) is 2.76. The van der Waals surface area contributed by atoms with Gasteiger partial charge in [-0.3, -0.25) is 9.59 Å². The number of hydrogen-bond acceptors (Lipinski definition) is 4. The Kier molecular flexibility index (Phi) is 2.73. The fraction of sp³-hybridized carbons (Fsp3) is 0.417. The molecule has 2 saturated heterocycles. The lowest BCUT2D eigenvalue weighted by atomic mass is 9.49. The van der Waals surface area contributed by atoms with Gasteiger partial charge >= 0.3 is 11.9 Å². The molecule has 0 amide bonds. The van der Waals surface area contributed by atoms with Gasteiger partial charge in [-0.15, -0.1) is 0 Å². The highest BCUT2D eigenvalue weighted by Gasteiger charge is 2.88. The topological polar surface area (TPSA) is 52.6 Å². The van der Waals surface area contributed by atoms with Crippen molar-refractivity contribution in [3.63, 3.8) is 0 Å². The zero-order valence-electron chi connectivity index (χ0n) is 16.1. The maximum atomic E-state index is 13.4. The summed E-state index contributed by atoms with van der Waals surface area (Å²) in [4.78, 5) is 26.9. The summed E-state index contributed by atoms with van der Waals surface area (Å²) >= 11 is 0. The molecule has 2 aliphatic heterocycles. The summed E-state index contributed by atoms with van der Waals surface area (Å²) < 4.78 is 12.8. The summed E-state index contributed by atoms with van der Waals surface area (Å²) in [6.45, 7) is 3.85. The zero-order valence-corrected chi connectivity index (χ0v) is 16.1. The molecule has 142 valence electrons. The Hall–Kier alpha value is -2.62. The van der Waals surface area contributed by atoms with Crippen molar-refractivity contribution in [2.24, 2.45) is 10.8 Å². The Morgan fingerprint density at radius 3 is 1.50 bits per heavy atom.